The lowest BCUT2D eigenvalue weighted by Gasteiger charge is -2.38. The molecule has 4 heterocycles. The first-order chi connectivity index (χ1) is 19.3. The van der Waals surface area contributed by atoms with E-state index in [0.29, 0.717) is 122 Å². The van der Waals surface area contributed by atoms with Crippen LogP contribution in [-0.2, 0) is 14.4 Å². The summed E-state index contributed by atoms with van der Waals surface area (Å²) in [6, 6.07) is 0. The minimum Gasteiger partial charge on any atom is -0.339 e. The first-order valence-electron chi connectivity index (χ1n) is 15.1. The molecule has 3 amide bonds. The van der Waals surface area contributed by atoms with Gasteiger partial charge in [0, 0.05) is 97.8 Å². The zero-order valence-corrected chi connectivity index (χ0v) is 24.8. The molecule has 3 aliphatic heterocycles. The minimum atomic E-state index is 0.174. The molecular formula is C28H47N9O3. The molecule has 4 rings (SSSR count). The van der Waals surface area contributed by atoms with Crippen LogP contribution >= 0.6 is 0 Å². The number of nitrogens with zero attached hydrogens (tertiary/aromatic N) is 9. The Morgan fingerprint density at radius 2 is 0.925 bits per heavy atom. The topological polar surface area (TPSA) is 109 Å². The lowest BCUT2D eigenvalue weighted by atomic mass is 10.1. The van der Waals surface area contributed by atoms with Gasteiger partial charge in [-0.15, -0.1) is 0 Å². The second-order valence-electron chi connectivity index (χ2n) is 11.4. The summed E-state index contributed by atoms with van der Waals surface area (Å²) in [5, 5.41) is 0. The molecule has 222 valence electrons. The van der Waals surface area contributed by atoms with Crippen molar-refractivity contribution in [3.05, 3.63) is 0 Å². The zero-order valence-electron chi connectivity index (χ0n) is 24.8. The van der Waals surface area contributed by atoms with Gasteiger partial charge in [-0.1, -0.05) is 27.7 Å². The number of hydrogen-bond acceptors (Lipinski definition) is 9. The molecule has 0 atom stereocenters. The largest absolute Gasteiger partial charge is 0.339 e. The van der Waals surface area contributed by atoms with Gasteiger partial charge in [-0.2, -0.15) is 15.0 Å². The summed E-state index contributed by atoms with van der Waals surface area (Å²) >= 11 is 0. The van der Waals surface area contributed by atoms with Crippen molar-refractivity contribution in [2.45, 2.75) is 59.8 Å². The molecule has 0 saturated carbocycles. The summed E-state index contributed by atoms with van der Waals surface area (Å²) in [6.07, 6.45) is 3.45. The molecule has 40 heavy (non-hydrogen) atoms. The number of carbonyl (C=O) groups is 3. The molecule has 0 N–H and O–H groups in total. The molecule has 0 aliphatic carbocycles. The lowest BCUT2D eigenvalue weighted by Crippen LogP contribution is -2.51. The van der Waals surface area contributed by atoms with Crippen molar-refractivity contribution >= 4 is 35.6 Å². The number of aromatic nitrogens is 3. The highest BCUT2D eigenvalue weighted by atomic mass is 16.2. The van der Waals surface area contributed by atoms with Crippen molar-refractivity contribution in [2.24, 2.45) is 5.92 Å². The Kier molecular flexibility index (Phi) is 10.4. The quantitative estimate of drug-likeness (QED) is 0.446. The van der Waals surface area contributed by atoms with E-state index in [0.717, 1.165) is 12.8 Å². The molecule has 0 spiro atoms. The predicted octanol–water partition coefficient (Wildman–Crippen LogP) is 1.46. The van der Waals surface area contributed by atoms with Gasteiger partial charge in [0.25, 0.3) is 0 Å². The van der Waals surface area contributed by atoms with Gasteiger partial charge in [-0.05, 0) is 18.8 Å². The van der Waals surface area contributed by atoms with E-state index < -0.39 is 0 Å². The van der Waals surface area contributed by atoms with Crippen LogP contribution in [0, 0.1) is 5.92 Å². The third-order valence-corrected chi connectivity index (χ3v) is 8.05. The third kappa shape index (κ3) is 7.51. The first kappa shape index (κ1) is 29.8. The van der Waals surface area contributed by atoms with Crippen molar-refractivity contribution in [2.75, 3.05) is 93.2 Å². The molecule has 3 fully saturated rings. The molecule has 0 unspecified atom stereocenters. The lowest BCUT2D eigenvalue weighted by molar-refractivity contribution is -0.132. The summed E-state index contributed by atoms with van der Waals surface area (Å²) in [4.78, 5) is 64.2. The average Bonchev–Trinajstić information content (AvgIpc) is 2.99. The minimum absolute atomic E-state index is 0.174. The van der Waals surface area contributed by atoms with Crippen LogP contribution < -0.4 is 14.7 Å². The van der Waals surface area contributed by atoms with Crippen LogP contribution in [0.4, 0.5) is 17.8 Å². The Hall–Kier alpha value is -3.18. The predicted molar refractivity (Wildman–Crippen MR) is 155 cm³/mol. The molecular weight excluding hydrogens is 510 g/mol. The summed E-state index contributed by atoms with van der Waals surface area (Å²) in [6.45, 7) is 16.2. The number of piperazine rings is 3. The zero-order chi connectivity index (χ0) is 28.6. The van der Waals surface area contributed by atoms with E-state index in [2.05, 4.69) is 28.5 Å². The normalized spacial score (nSPS) is 18.5. The molecule has 1 aromatic heterocycles. The van der Waals surface area contributed by atoms with Crippen molar-refractivity contribution in [3.8, 4) is 0 Å². The number of amides is 3. The molecule has 0 aromatic carbocycles. The molecule has 0 radical (unpaired) electrons. The maximum Gasteiger partial charge on any atom is 0.232 e. The Balaban J connectivity index is 1.48. The van der Waals surface area contributed by atoms with Gasteiger partial charge in [0.2, 0.25) is 35.6 Å². The SMILES string of the molecule is CCCC(=O)N1CCN(c2nc(N3CCN(C(=O)CC)CC3)nc(N3CCN(C(=O)CCC(C)C)CC3)n2)CC1. The molecule has 12 nitrogen and oxygen atoms in total. The fourth-order valence-electron chi connectivity index (χ4n) is 5.40. The molecule has 3 aliphatic rings. The van der Waals surface area contributed by atoms with E-state index in [9.17, 15) is 14.4 Å². The number of rotatable bonds is 9. The van der Waals surface area contributed by atoms with Gasteiger partial charge in [0.05, 0.1) is 0 Å². The summed E-state index contributed by atoms with van der Waals surface area (Å²) < 4.78 is 0. The maximum absolute atomic E-state index is 12.7. The summed E-state index contributed by atoms with van der Waals surface area (Å²) in [5.41, 5.74) is 0. The molecule has 3 saturated heterocycles. The van der Waals surface area contributed by atoms with Gasteiger partial charge >= 0.3 is 0 Å². The van der Waals surface area contributed by atoms with Gasteiger partial charge in [-0.3, -0.25) is 14.4 Å². The van der Waals surface area contributed by atoms with Crippen molar-refractivity contribution in [1.29, 1.82) is 0 Å². The van der Waals surface area contributed by atoms with E-state index in [1.165, 1.54) is 0 Å². The van der Waals surface area contributed by atoms with Crippen LogP contribution in [0.25, 0.3) is 0 Å². The Labute approximate surface area is 238 Å². The third-order valence-electron chi connectivity index (χ3n) is 8.05. The number of hydrogen-bond donors (Lipinski definition) is 0. The fourth-order valence-corrected chi connectivity index (χ4v) is 5.40. The van der Waals surface area contributed by atoms with E-state index >= 15 is 0 Å². The van der Waals surface area contributed by atoms with Gasteiger partial charge < -0.3 is 29.4 Å². The summed E-state index contributed by atoms with van der Waals surface area (Å²) in [7, 11) is 0. The highest BCUT2D eigenvalue weighted by Gasteiger charge is 2.29. The van der Waals surface area contributed by atoms with E-state index in [1.807, 2.05) is 28.5 Å². The highest BCUT2D eigenvalue weighted by Crippen LogP contribution is 2.23. The smallest absolute Gasteiger partial charge is 0.232 e. The van der Waals surface area contributed by atoms with Crippen molar-refractivity contribution in [3.63, 3.8) is 0 Å². The molecule has 1 aromatic rings. The standard InChI is InChI=1S/C28H47N9O3/c1-5-7-24(39)33-12-18-36(19-13-33)27-29-26(35-16-10-32(11-17-35)23(38)6-2)30-28(31-27)37-20-14-34(15-21-37)25(40)9-8-22(3)4/h22H,5-21H2,1-4H3. The first-order valence-corrected chi connectivity index (χ1v) is 15.1. The monoisotopic (exact) mass is 557 g/mol. The van der Waals surface area contributed by atoms with Gasteiger partial charge in [0.15, 0.2) is 0 Å². The molecule has 0 bridgehead atoms. The van der Waals surface area contributed by atoms with Gasteiger partial charge in [0.1, 0.15) is 0 Å². The fraction of sp³-hybridized carbons (Fsp3) is 0.786. The van der Waals surface area contributed by atoms with Crippen LogP contribution in [-0.4, -0.2) is 126 Å². The Morgan fingerprint density at radius 3 is 1.25 bits per heavy atom. The average molecular weight is 558 g/mol. The van der Waals surface area contributed by atoms with Crippen LogP contribution in [0.1, 0.15) is 59.8 Å². The van der Waals surface area contributed by atoms with E-state index in [4.69, 9.17) is 15.0 Å². The number of anilines is 3. The van der Waals surface area contributed by atoms with E-state index in [-0.39, 0.29) is 17.7 Å². The molecule has 12 heteroatoms. The van der Waals surface area contributed by atoms with Gasteiger partial charge in [-0.25, -0.2) is 0 Å². The Bertz CT molecular complexity index is 1010. The highest BCUT2D eigenvalue weighted by molar-refractivity contribution is 5.77. The summed E-state index contributed by atoms with van der Waals surface area (Å²) in [5.74, 6) is 3.01. The number of carbonyl (C=O) groups excluding carboxylic acids is 3. The second-order valence-corrected chi connectivity index (χ2v) is 11.4. The van der Waals surface area contributed by atoms with E-state index in [1.54, 1.807) is 0 Å². The second kappa shape index (κ2) is 13.9. The van der Waals surface area contributed by atoms with Crippen LogP contribution in [0.5, 0.6) is 0 Å². The van der Waals surface area contributed by atoms with Crippen molar-refractivity contribution in [1.82, 2.24) is 29.7 Å². The van der Waals surface area contributed by atoms with Crippen LogP contribution in [0.2, 0.25) is 0 Å². The Morgan fingerprint density at radius 1 is 0.575 bits per heavy atom. The van der Waals surface area contributed by atoms with Crippen LogP contribution in [0.15, 0.2) is 0 Å². The van der Waals surface area contributed by atoms with Crippen molar-refractivity contribution < 1.29 is 14.4 Å². The van der Waals surface area contributed by atoms with Crippen LogP contribution in [0.3, 0.4) is 0 Å². The maximum atomic E-state index is 12.7.